The topological polar surface area (TPSA) is 66.3 Å². The molecule has 0 unspecified atom stereocenters. The van der Waals surface area contributed by atoms with Gasteiger partial charge in [-0.15, -0.1) is 12.4 Å². The van der Waals surface area contributed by atoms with Crippen molar-refractivity contribution in [3.8, 4) is 0 Å². The summed E-state index contributed by atoms with van der Waals surface area (Å²) < 4.78 is 1.96. The van der Waals surface area contributed by atoms with Crippen LogP contribution < -0.4 is 5.32 Å². The zero-order chi connectivity index (χ0) is 14.5. The van der Waals surface area contributed by atoms with Crippen LogP contribution in [0.3, 0.4) is 0 Å². The number of halogens is 1. The van der Waals surface area contributed by atoms with Crippen LogP contribution in [0.5, 0.6) is 0 Å². The zero-order valence-electron chi connectivity index (χ0n) is 12.9. The number of carbonyl (C=O) groups excluding carboxylic acids is 1. The van der Waals surface area contributed by atoms with Gasteiger partial charge in [-0.05, 0) is 12.8 Å². The Bertz CT molecular complexity index is 440. The second kappa shape index (κ2) is 8.45. The number of likely N-dealkylation sites (tertiary alicyclic amines) is 1. The average Bonchev–Trinajstić information content (AvgIpc) is 3.08. The van der Waals surface area contributed by atoms with Crippen molar-refractivity contribution < 1.29 is 4.79 Å². The van der Waals surface area contributed by atoms with Crippen molar-refractivity contribution in [2.75, 3.05) is 45.8 Å². The second-order valence-electron chi connectivity index (χ2n) is 5.83. The SMILES string of the molecule is Cl.O=C(CCN1CCC(n2cncn2)CC1)N1CCNCC1. The molecule has 1 N–H and O–H groups in total. The molecule has 0 atom stereocenters. The highest BCUT2D eigenvalue weighted by Crippen LogP contribution is 2.21. The maximum absolute atomic E-state index is 12.1. The predicted octanol–water partition coefficient (Wildman–Crippen LogP) is 0.159. The monoisotopic (exact) mass is 328 g/mol. The normalized spacial score (nSPS) is 20.6. The van der Waals surface area contributed by atoms with Gasteiger partial charge in [0, 0.05) is 52.2 Å². The van der Waals surface area contributed by atoms with Crippen LogP contribution in [0.4, 0.5) is 0 Å². The molecule has 124 valence electrons. The Morgan fingerprint density at radius 2 is 1.91 bits per heavy atom. The molecular weight excluding hydrogens is 304 g/mol. The van der Waals surface area contributed by atoms with Crippen molar-refractivity contribution >= 4 is 18.3 Å². The van der Waals surface area contributed by atoms with Crippen LogP contribution in [0.2, 0.25) is 0 Å². The van der Waals surface area contributed by atoms with Crippen LogP contribution in [-0.2, 0) is 4.79 Å². The number of rotatable bonds is 4. The molecule has 3 rings (SSSR count). The molecular formula is C14H25ClN6O. The summed E-state index contributed by atoms with van der Waals surface area (Å²) in [5.41, 5.74) is 0. The Morgan fingerprint density at radius 1 is 1.18 bits per heavy atom. The van der Waals surface area contributed by atoms with Crippen LogP contribution in [0.1, 0.15) is 25.3 Å². The third-order valence-electron chi connectivity index (χ3n) is 4.48. The predicted molar refractivity (Wildman–Crippen MR) is 86.0 cm³/mol. The number of carbonyl (C=O) groups is 1. The molecule has 1 amide bonds. The molecule has 2 aliphatic heterocycles. The van der Waals surface area contributed by atoms with Gasteiger partial charge < -0.3 is 15.1 Å². The molecule has 8 heteroatoms. The lowest BCUT2D eigenvalue weighted by Crippen LogP contribution is -2.47. The van der Waals surface area contributed by atoms with E-state index in [-0.39, 0.29) is 12.4 Å². The highest BCUT2D eigenvalue weighted by atomic mass is 35.5. The van der Waals surface area contributed by atoms with E-state index >= 15 is 0 Å². The van der Waals surface area contributed by atoms with Crippen LogP contribution in [0.25, 0.3) is 0 Å². The molecule has 0 saturated carbocycles. The summed E-state index contributed by atoms with van der Waals surface area (Å²) >= 11 is 0. The number of aromatic nitrogens is 3. The molecule has 0 radical (unpaired) electrons. The third kappa shape index (κ3) is 4.41. The van der Waals surface area contributed by atoms with Crippen molar-refractivity contribution in [1.29, 1.82) is 0 Å². The Balaban J connectivity index is 0.00000176. The Hall–Kier alpha value is -1.18. The summed E-state index contributed by atoms with van der Waals surface area (Å²) in [6.07, 6.45) is 6.22. The molecule has 7 nitrogen and oxygen atoms in total. The second-order valence-corrected chi connectivity index (χ2v) is 5.83. The minimum atomic E-state index is 0. The Morgan fingerprint density at radius 3 is 2.55 bits per heavy atom. The van der Waals surface area contributed by atoms with Gasteiger partial charge in [-0.3, -0.25) is 4.79 Å². The Labute approximate surface area is 137 Å². The summed E-state index contributed by atoms with van der Waals surface area (Å²) in [6.45, 7) is 6.52. The number of amides is 1. The first-order valence-electron chi connectivity index (χ1n) is 7.88. The lowest BCUT2D eigenvalue weighted by Gasteiger charge is -2.33. The largest absolute Gasteiger partial charge is 0.340 e. The molecule has 22 heavy (non-hydrogen) atoms. The van der Waals surface area contributed by atoms with Gasteiger partial charge in [0.25, 0.3) is 0 Å². The summed E-state index contributed by atoms with van der Waals surface area (Å²) in [4.78, 5) is 20.5. The third-order valence-corrected chi connectivity index (χ3v) is 4.48. The van der Waals surface area contributed by atoms with Crippen molar-refractivity contribution in [3.63, 3.8) is 0 Å². The van der Waals surface area contributed by atoms with Gasteiger partial charge in [0.05, 0.1) is 6.04 Å². The van der Waals surface area contributed by atoms with E-state index in [1.54, 1.807) is 12.7 Å². The van der Waals surface area contributed by atoms with Gasteiger partial charge in [0.15, 0.2) is 0 Å². The van der Waals surface area contributed by atoms with E-state index < -0.39 is 0 Å². The van der Waals surface area contributed by atoms with Gasteiger partial charge in [0.2, 0.25) is 5.91 Å². The molecule has 0 aromatic carbocycles. The maximum Gasteiger partial charge on any atom is 0.223 e. The van der Waals surface area contributed by atoms with E-state index in [0.29, 0.717) is 18.4 Å². The quantitative estimate of drug-likeness (QED) is 0.853. The van der Waals surface area contributed by atoms with Crippen LogP contribution in [-0.4, -0.2) is 76.3 Å². The van der Waals surface area contributed by atoms with E-state index in [1.165, 1.54) is 0 Å². The molecule has 0 aliphatic carbocycles. The van der Waals surface area contributed by atoms with Crippen LogP contribution >= 0.6 is 12.4 Å². The molecule has 2 fully saturated rings. The fourth-order valence-corrected chi connectivity index (χ4v) is 3.14. The van der Waals surface area contributed by atoms with E-state index in [9.17, 15) is 4.79 Å². The number of piperidine rings is 1. The van der Waals surface area contributed by atoms with E-state index in [2.05, 4.69) is 20.3 Å². The van der Waals surface area contributed by atoms with Gasteiger partial charge in [-0.1, -0.05) is 0 Å². The highest BCUT2D eigenvalue weighted by molar-refractivity contribution is 5.85. The number of piperazine rings is 1. The maximum atomic E-state index is 12.1. The molecule has 1 aromatic heterocycles. The highest BCUT2D eigenvalue weighted by Gasteiger charge is 2.22. The van der Waals surface area contributed by atoms with E-state index in [4.69, 9.17) is 0 Å². The van der Waals surface area contributed by atoms with Crippen LogP contribution in [0, 0.1) is 0 Å². The summed E-state index contributed by atoms with van der Waals surface area (Å²) in [7, 11) is 0. The fraction of sp³-hybridized carbons (Fsp3) is 0.786. The minimum absolute atomic E-state index is 0. The fourth-order valence-electron chi connectivity index (χ4n) is 3.14. The lowest BCUT2D eigenvalue weighted by atomic mass is 10.1. The molecule has 3 heterocycles. The Kier molecular flexibility index (Phi) is 6.60. The van der Waals surface area contributed by atoms with Gasteiger partial charge in [0.1, 0.15) is 12.7 Å². The molecule has 2 aliphatic rings. The minimum Gasteiger partial charge on any atom is -0.340 e. The average molecular weight is 329 g/mol. The molecule has 2 saturated heterocycles. The number of nitrogens with zero attached hydrogens (tertiary/aromatic N) is 5. The summed E-state index contributed by atoms with van der Waals surface area (Å²) in [6, 6.07) is 0.465. The summed E-state index contributed by atoms with van der Waals surface area (Å²) in [5, 5.41) is 7.50. The number of hydrogen-bond donors (Lipinski definition) is 1. The smallest absolute Gasteiger partial charge is 0.223 e. The number of nitrogens with one attached hydrogen (secondary N) is 1. The van der Waals surface area contributed by atoms with Gasteiger partial charge in [-0.2, -0.15) is 5.10 Å². The van der Waals surface area contributed by atoms with E-state index in [1.807, 2.05) is 9.58 Å². The van der Waals surface area contributed by atoms with Crippen molar-refractivity contribution in [1.82, 2.24) is 29.9 Å². The van der Waals surface area contributed by atoms with Crippen molar-refractivity contribution in [2.45, 2.75) is 25.3 Å². The summed E-state index contributed by atoms with van der Waals surface area (Å²) in [5.74, 6) is 0.301. The van der Waals surface area contributed by atoms with Gasteiger partial charge in [-0.25, -0.2) is 9.67 Å². The van der Waals surface area contributed by atoms with E-state index in [0.717, 1.165) is 58.7 Å². The van der Waals surface area contributed by atoms with Gasteiger partial charge >= 0.3 is 0 Å². The first kappa shape index (κ1) is 17.2. The first-order chi connectivity index (χ1) is 10.3. The standard InChI is InChI=1S/C14H24N6O.ClH/c21-14(19-9-4-15-5-10-19)3-8-18-6-1-13(2-7-18)20-12-16-11-17-20;/h11-13,15H,1-10H2;1H. The van der Waals surface area contributed by atoms with Crippen molar-refractivity contribution in [3.05, 3.63) is 12.7 Å². The zero-order valence-corrected chi connectivity index (χ0v) is 13.7. The molecule has 0 bridgehead atoms. The lowest BCUT2D eigenvalue weighted by molar-refractivity contribution is -0.132. The molecule has 0 spiro atoms. The van der Waals surface area contributed by atoms with Crippen LogP contribution in [0.15, 0.2) is 12.7 Å². The number of hydrogen-bond acceptors (Lipinski definition) is 5. The molecule has 1 aromatic rings. The first-order valence-corrected chi connectivity index (χ1v) is 7.88. The van der Waals surface area contributed by atoms with Crippen molar-refractivity contribution in [2.24, 2.45) is 0 Å².